The summed E-state index contributed by atoms with van der Waals surface area (Å²) < 4.78 is 12.8. The number of unbranched alkanes of at least 4 members (excludes halogenated alkanes) is 2. The van der Waals surface area contributed by atoms with E-state index in [9.17, 15) is 9.18 Å². The normalized spacial score (nSPS) is 10.3. The molecule has 0 aliphatic heterocycles. The first-order valence-electron chi connectivity index (χ1n) is 7.91. The lowest BCUT2D eigenvalue weighted by Crippen LogP contribution is -2.14. The van der Waals surface area contributed by atoms with E-state index in [1.807, 2.05) is 12.1 Å². The van der Waals surface area contributed by atoms with Crippen LogP contribution in [0.3, 0.4) is 0 Å². The van der Waals surface area contributed by atoms with Crippen LogP contribution in [-0.2, 0) is 11.2 Å². The second kappa shape index (κ2) is 8.88. The summed E-state index contributed by atoms with van der Waals surface area (Å²) >= 11 is 0. The number of carbonyl (C=O) groups excluding carboxylic acids is 1. The van der Waals surface area contributed by atoms with Gasteiger partial charge in [0.1, 0.15) is 11.6 Å². The van der Waals surface area contributed by atoms with Crippen LogP contribution in [0, 0.1) is 5.82 Å². The minimum atomic E-state index is -0.305. The summed E-state index contributed by atoms with van der Waals surface area (Å²) in [5.41, 5.74) is 1.42. The van der Waals surface area contributed by atoms with Gasteiger partial charge in [0, 0.05) is 6.54 Å². The summed E-state index contributed by atoms with van der Waals surface area (Å²) in [6.45, 7) is 3.07. The van der Waals surface area contributed by atoms with Crippen LogP contribution in [0.25, 0.3) is 0 Å². The number of nitrogens with zero attached hydrogens (tertiary/aromatic N) is 1. The number of pyridine rings is 1. The molecule has 0 radical (unpaired) electrons. The average Bonchev–Trinajstić information content (AvgIpc) is 2.55. The van der Waals surface area contributed by atoms with E-state index >= 15 is 0 Å². The number of aromatic nitrogens is 1. The van der Waals surface area contributed by atoms with Crippen LogP contribution < -0.4 is 10.6 Å². The van der Waals surface area contributed by atoms with Crippen molar-refractivity contribution in [2.45, 2.75) is 32.6 Å². The van der Waals surface area contributed by atoms with Crippen LogP contribution in [0.2, 0.25) is 0 Å². The standard InChI is InChI=1S/C18H22FN3O/c1-2-3-4-11-20-17-10-9-16(13-21-17)22-18(23)12-14-5-7-15(19)8-6-14/h5-10,13H,2-4,11-12H2,1H3,(H,20,21)(H,22,23). The Morgan fingerprint density at radius 2 is 1.91 bits per heavy atom. The number of amides is 1. The molecule has 2 aromatic rings. The molecule has 2 rings (SSSR count). The Kier molecular flexibility index (Phi) is 6.54. The highest BCUT2D eigenvalue weighted by molar-refractivity contribution is 5.92. The minimum absolute atomic E-state index is 0.151. The van der Waals surface area contributed by atoms with E-state index in [4.69, 9.17) is 0 Å². The molecule has 0 aliphatic rings. The van der Waals surface area contributed by atoms with Crippen molar-refractivity contribution in [1.29, 1.82) is 0 Å². The molecule has 1 aromatic carbocycles. The van der Waals surface area contributed by atoms with Gasteiger partial charge in [0.2, 0.25) is 5.91 Å². The number of carbonyl (C=O) groups is 1. The zero-order valence-corrected chi connectivity index (χ0v) is 13.3. The summed E-state index contributed by atoms with van der Waals surface area (Å²) in [5.74, 6) is 0.347. The van der Waals surface area contributed by atoms with E-state index in [0.29, 0.717) is 5.69 Å². The van der Waals surface area contributed by atoms with Gasteiger partial charge in [0.15, 0.2) is 0 Å². The maximum absolute atomic E-state index is 12.8. The van der Waals surface area contributed by atoms with Gasteiger partial charge >= 0.3 is 0 Å². The molecule has 0 spiro atoms. The summed E-state index contributed by atoms with van der Waals surface area (Å²) in [4.78, 5) is 16.2. The van der Waals surface area contributed by atoms with Crippen molar-refractivity contribution in [3.63, 3.8) is 0 Å². The van der Waals surface area contributed by atoms with Crippen LogP contribution >= 0.6 is 0 Å². The fraction of sp³-hybridized carbons (Fsp3) is 0.333. The highest BCUT2D eigenvalue weighted by atomic mass is 19.1. The lowest BCUT2D eigenvalue weighted by atomic mass is 10.1. The van der Waals surface area contributed by atoms with Gasteiger partial charge in [-0.25, -0.2) is 9.37 Å². The molecule has 122 valence electrons. The molecule has 0 saturated carbocycles. The molecule has 2 N–H and O–H groups in total. The number of benzene rings is 1. The third-order valence-corrected chi connectivity index (χ3v) is 3.41. The predicted octanol–water partition coefficient (Wildman–Crippen LogP) is 4.00. The van der Waals surface area contributed by atoms with Crippen LogP contribution in [0.1, 0.15) is 31.7 Å². The monoisotopic (exact) mass is 315 g/mol. The molecular weight excluding hydrogens is 293 g/mol. The van der Waals surface area contributed by atoms with Crippen LogP contribution in [0.4, 0.5) is 15.9 Å². The number of hydrogen-bond donors (Lipinski definition) is 2. The zero-order valence-electron chi connectivity index (χ0n) is 13.3. The van der Waals surface area contributed by atoms with Crippen molar-refractivity contribution >= 4 is 17.4 Å². The van der Waals surface area contributed by atoms with E-state index in [0.717, 1.165) is 24.3 Å². The van der Waals surface area contributed by atoms with Crippen molar-refractivity contribution in [1.82, 2.24) is 4.98 Å². The van der Waals surface area contributed by atoms with Crippen LogP contribution in [0.5, 0.6) is 0 Å². The molecule has 0 fully saturated rings. The first-order chi connectivity index (χ1) is 11.2. The Balaban J connectivity index is 1.80. The number of halogens is 1. The Hall–Kier alpha value is -2.43. The second-order valence-electron chi connectivity index (χ2n) is 5.42. The molecule has 0 bridgehead atoms. The van der Waals surface area contributed by atoms with Gasteiger partial charge in [0.05, 0.1) is 18.3 Å². The molecule has 1 amide bonds. The molecule has 5 heteroatoms. The quantitative estimate of drug-likeness (QED) is 0.724. The molecule has 1 heterocycles. The molecule has 0 unspecified atom stereocenters. The van der Waals surface area contributed by atoms with Gasteiger partial charge < -0.3 is 10.6 Å². The SMILES string of the molecule is CCCCCNc1ccc(NC(=O)Cc2ccc(F)cc2)cn1. The van der Waals surface area contributed by atoms with Gasteiger partial charge in [-0.3, -0.25) is 4.79 Å². The molecule has 23 heavy (non-hydrogen) atoms. The molecular formula is C18H22FN3O. The molecule has 0 atom stereocenters. The highest BCUT2D eigenvalue weighted by Crippen LogP contribution is 2.11. The third kappa shape index (κ3) is 6.06. The second-order valence-corrected chi connectivity index (χ2v) is 5.42. The van der Waals surface area contributed by atoms with Crippen molar-refractivity contribution in [2.24, 2.45) is 0 Å². The van der Waals surface area contributed by atoms with E-state index in [1.54, 1.807) is 18.3 Å². The topological polar surface area (TPSA) is 54.0 Å². The lowest BCUT2D eigenvalue weighted by molar-refractivity contribution is -0.115. The van der Waals surface area contributed by atoms with Gasteiger partial charge in [-0.2, -0.15) is 0 Å². The first-order valence-corrected chi connectivity index (χ1v) is 7.91. The summed E-state index contributed by atoms with van der Waals surface area (Å²) in [5, 5.41) is 6.03. The van der Waals surface area contributed by atoms with Crippen LogP contribution in [-0.4, -0.2) is 17.4 Å². The molecule has 0 saturated heterocycles. The maximum atomic E-state index is 12.8. The Morgan fingerprint density at radius 1 is 1.13 bits per heavy atom. The van der Waals surface area contributed by atoms with Gasteiger partial charge in [-0.1, -0.05) is 31.9 Å². The summed E-state index contributed by atoms with van der Waals surface area (Å²) in [6.07, 6.45) is 5.34. The lowest BCUT2D eigenvalue weighted by Gasteiger charge is -2.08. The number of anilines is 2. The number of hydrogen-bond acceptors (Lipinski definition) is 3. The van der Waals surface area contributed by atoms with E-state index < -0.39 is 0 Å². The van der Waals surface area contributed by atoms with Crippen molar-refractivity contribution in [3.05, 3.63) is 54.0 Å². The van der Waals surface area contributed by atoms with Crippen molar-refractivity contribution in [3.8, 4) is 0 Å². The third-order valence-electron chi connectivity index (χ3n) is 3.41. The van der Waals surface area contributed by atoms with Crippen molar-refractivity contribution < 1.29 is 9.18 Å². The van der Waals surface area contributed by atoms with Crippen LogP contribution in [0.15, 0.2) is 42.6 Å². The number of nitrogens with one attached hydrogen (secondary N) is 2. The van der Waals surface area contributed by atoms with Gasteiger partial charge in [-0.15, -0.1) is 0 Å². The smallest absolute Gasteiger partial charge is 0.228 e. The Bertz CT molecular complexity index is 611. The summed E-state index contributed by atoms with van der Waals surface area (Å²) in [6, 6.07) is 9.58. The number of rotatable bonds is 8. The zero-order chi connectivity index (χ0) is 16.5. The Labute approximate surface area is 136 Å². The Morgan fingerprint density at radius 3 is 2.57 bits per heavy atom. The van der Waals surface area contributed by atoms with E-state index in [1.165, 1.54) is 25.0 Å². The largest absolute Gasteiger partial charge is 0.370 e. The van der Waals surface area contributed by atoms with E-state index in [-0.39, 0.29) is 18.1 Å². The fourth-order valence-corrected chi connectivity index (χ4v) is 2.16. The van der Waals surface area contributed by atoms with Gasteiger partial charge in [-0.05, 0) is 36.2 Å². The van der Waals surface area contributed by atoms with E-state index in [2.05, 4.69) is 22.5 Å². The fourth-order valence-electron chi connectivity index (χ4n) is 2.16. The van der Waals surface area contributed by atoms with Crippen molar-refractivity contribution in [2.75, 3.05) is 17.2 Å². The predicted molar refractivity (Wildman–Crippen MR) is 91.0 cm³/mol. The van der Waals surface area contributed by atoms with Gasteiger partial charge in [0.25, 0.3) is 0 Å². The average molecular weight is 315 g/mol. The minimum Gasteiger partial charge on any atom is -0.370 e. The molecule has 1 aromatic heterocycles. The molecule has 4 nitrogen and oxygen atoms in total. The molecule has 0 aliphatic carbocycles. The first kappa shape index (κ1) is 16.9. The summed E-state index contributed by atoms with van der Waals surface area (Å²) in [7, 11) is 0. The maximum Gasteiger partial charge on any atom is 0.228 e. The highest BCUT2D eigenvalue weighted by Gasteiger charge is 2.05.